The number of benzene rings is 1. The van der Waals surface area contributed by atoms with Gasteiger partial charge in [-0.25, -0.2) is 0 Å². The maximum Gasteiger partial charge on any atom is 0.0991 e. The second-order valence-corrected chi connectivity index (χ2v) is 5.14. The van der Waals surface area contributed by atoms with Crippen LogP contribution < -0.4 is 0 Å². The van der Waals surface area contributed by atoms with Gasteiger partial charge in [-0.1, -0.05) is 19.1 Å². The smallest absolute Gasteiger partial charge is 0.0991 e. The second kappa shape index (κ2) is 5.33. The molecule has 1 aliphatic rings. The van der Waals surface area contributed by atoms with Gasteiger partial charge in [-0.3, -0.25) is 4.90 Å². The Morgan fingerprint density at radius 3 is 3.00 bits per heavy atom. The van der Waals surface area contributed by atoms with E-state index in [9.17, 15) is 0 Å². The maximum absolute atomic E-state index is 8.90. The van der Waals surface area contributed by atoms with E-state index in [0.717, 1.165) is 18.0 Å². The van der Waals surface area contributed by atoms with Gasteiger partial charge in [-0.05, 0) is 49.9 Å². The number of rotatable bonds is 2. The average molecular weight is 228 g/mol. The van der Waals surface area contributed by atoms with E-state index in [1.54, 1.807) is 0 Å². The molecule has 17 heavy (non-hydrogen) atoms. The van der Waals surface area contributed by atoms with Crippen LogP contribution in [0.3, 0.4) is 0 Å². The Hall–Kier alpha value is -1.33. The van der Waals surface area contributed by atoms with E-state index >= 15 is 0 Å². The van der Waals surface area contributed by atoms with Gasteiger partial charge in [0.15, 0.2) is 0 Å². The first kappa shape index (κ1) is 12.1. The van der Waals surface area contributed by atoms with Crippen molar-refractivity contribution in [3.8, 4) is 6.07 Å². The van der Waals surface area contributed by atoms with Gasteiger partial charge in [0.25, 0.3) is 0 Å². The topological polar surface area (TPSA) is 27.0 Å². The van der Waals surface area contributed by atoms with Crippen molar-refractivity contribution >= 4 is 0 Å². The van der Waals surface area contributed by atoms with E-state index < -0.39 is 0 Å². The summed E-state index contributed by atoms with van der Waals surface area (Å²) in [7, 11) is 0. The van der Waals surface area contributed by atoms with Crippen LogP contribution in [-0.4, -0.2) is 17.5 Å². The van der Waals surface area contributed by atoms with Gasteiger partial charge >= 0.3 is 0 Å². The predicted octanol–water partition coefficient (Wildman–Crippen LogP) is 3.18. The number of nitrogens with zero attached hydrogens (tertiary/aromatic N) is 2. The molecule has 2 rings (SSSR count). The molecule has 2 heteroatoms. The first-order chi connectivity index (χ1) is 8.20. The van der Waals surface area contributed by atoms with Gasteiger partial charge in [-0.15, -0.1) is 0 Å². The molecule has 0 aromatic heterocycles. The number of piperidine rings is 1. The van der Waals surface area contributed by atoms with Crippen LogP contribution >= 0.6 is 0 Å². The fraction of sp³-hybridized carbons (Fsp3) is 0.533. The van der Waals surface area contributed by atoms with Gasteiger partial charge in [-0.2, -0.15) is 5.26 Å². The van der Waals surface area contributed by atoms with E-state index in [1.165, 1.54) is 24.9 Å². The van der Waals surface area contributed by atoms with Crippen molar-refractivity contribution < 1.29 is 0 Å². The van der Waals surface area contributed by atoms with Gasteiger partial charge < -0.3 is 0 Å². The van der Waals surface area contributed by atoms with Crippen molar-refractivity contribution in [3.05, 3.63) is 35.4 Å². The predicted molar refractivity (Wildman–Crippen MR) is 69.4 cm³/mol. The SMILES string of the molecule is CC1CCCN(Cc2cccc(C#N)c2)C1C. The van der Waals surface area contributed by atoms with Crippen LogP contribution in [0.4, 0.5) is 0 Å². The second-order valence-electron chi connectivity index (χ2n) is 5.14. The Morgan fingerprint density at radius 1 is 1.41 bits per heavy atom. The Balaban J connectivity index is 2.07. The molecule has 1 heterocycles. The van der Waals surface area contributed by atoms with Crippen LogP contribution in [-0.2, 0) is 6.54 Å². The molecule has 1 saturated heterocycles. The highest BCUT2D eigenvalue weighted by molar-refractivity contribution is 5.32. The lowest BCUT2D eigenvalue weighted by Crippen LogP contribution is -2.41. The molecular weight excluding hydrogens is 208 g/mol. The zero-order valence-electron chi connectivity index (χ0n) is 10.7. The zero-order chi connectivity index (χ0) is 12.3. The third-order valence-corrected chi connectivity index (χ3v) is 3.95. The van der Waals surface area contributed by atoms with Crippen molar-refractivity contribution in [1.29, 1.82) is 5.26 Å². The molecular formula is C15H20N2. The summed E-state index contributed by atoms with van der Waals surface area (Å²) >= 11 is 0. The third kappa shape index (κ3) is 2.87. The highest BCUT2D eigenvalue weighted by Crippen LogP contribution is 2.24. The lowest BCUT2D eigenvalue weighted by Gasteiger charge is -2.38. The van der Waals surface area contributed by atoms with E-state index in [0.29, 0.717) is 6.04 Å². The summed E-state index contributed by atoms with van der Waals surface area (Å²) in [6.45, 7) is 6.81. The zero-order valence-corrected chi connectivity index (χ0v) is 10.7. The summed E-state index contributed by atoms with van der Waals surface area (Å²) in [6, 6.07) is 10.8. The normalized spacial score (nSPS) is 25.5. The molecule has 2 nitrogen and oxygen atoms in total. The van der Waals surface area contributed by atoms with Crippen LogP contribution in [0.5, 0.6) is 0 Å². The van der Waals surface area contributed by atoms with Crippen LogP contribution in [0.25, 0.3) is 0 Å². The minimum absolute atomic E-state index is 0.648. The van der Waals surface area contributed by atoms with Gasteiger partial charge in [0.1, 0.15) is 0 Å². The number of nitriles is 1. The highest BCUT2D eigenvalue weighted by Gasteiger charge is 2.24. The van der Waals surface area contributed by atoms with Gasteiger partial charge in [0.05, 0.1) is 11.6 Å². The quantitative estimate of drug-likeness (QED) is 0.777. The van der Waals surface area contributed by atoms with Crippen LogP contribution in [0.15, 0.2) is 24.3 Å². The maximum atomic E-state index is 8.90. The molecule has 0 radical (unpaired) electrons. The van der Waals surface area contributed by atoms with Crippen molar-refractivity contribution in [2.45, 2.75) is 39.3 Å². The molecule has 0 N–H and O–H groups in total. The summed E-state index contributed by atoms with van der Waals surface area (Å²) in [5.41, 5.74) is 2.02. The van der Waals surface area contributed by atoms with Crippen LogP contribution in [0.2, 0.25) is 0 Å². The highest BCUT2D eigenvalue weighted by atomic mass is 15.2. The molecule has 2 atom stereocenters. The number of hydrogen-bond acceptors (Lipinski definition) is 2. The van der Waals surface area contributed by atoms with Crippen LogP contribution in [0.1, 0.15) is 37.8 Å². The fourth-order valence-corrected chi connectivity index (χ4v) is 2.62. The van der Waals surface area contributed by atoms with Gasteiger partial charge in [0.2, 0.25) is 0 Å². The largest absolute Gasteiger partial charge is 0.296 e. The molecule has 0 aliphatic carbocycles. The summed E-state index contributed by atoms with van der Waals surface area (Å²) in [6.07, 6.45) is 2.64. The summed E-state index contributed by atoms with van der Waals surface area (Å²) in [5.74, 6) is 0.780. The lowest BCUT2D eigenvalue weighted by atomic mass is 9.91. The minimum Gasteiger partial charge on any atom is -0.296 e. The molecule has 2 unspecified atom stereocenters. The molecule has 0 bridgehead atoms. The monoisotopic (exact) mass is 228 g/mol. The lowest BCUT2D eigenvalue weighted by molar-refractivity contribution is 0.106. The third-order valence-electron chi connectivity index (χ3n) is 3.95. The van der Waals surface area contributed by atoms with E-state index in [2.05, 4.69) is 30.9 Å². The first-order valence-corrected chi connectivity index (χ1v) is 6.44. The number of hydrogen-bond donors (Lipinski definition) is 0. The Kier molecular flexibility index (Phi) is 3.81. The first-order valence-electron chi connectivity index (χ1n) is 6.44. The Bertz CT molecular complexity index is 419. The standard InChI is InChI=1S/C15H20N2/c1-12-5-4-8-17(13(12)2)11-15-7-3-6-14(9-15)10-16/h3,6-7,9,12-13H,4-5,8,11H2,1-2H3. The molecule has 1 fully saturated rings. The average Bonchev–Trinajstić information content (AvgIpc) is 2.35. The van der Waals surface area contributed by atoms with Crippen molar-refractivity contribution in [2.75, 3.05) is 6.54 Å². The van der Waals surface area contributed by atoms with Crippen molar-refractivity contribution in [3.63, 3.8) is 0 Å². The molecule has 90 valence electrons. The fourth-order valence-electron chi connectivity index (χ4n) is 2.62. The molecule has 0 amide bonds. The molecule has 0 spiro atoms. The van der Waals surface area contributed by atoms with Crippen LogP contribution in [0, 0.1) is 17.2 Å². The Labute approximate surface area is 104 Å². The molecule has 0 saturated carbocycles. The van der Waals surface area contributed by atoms with E-state index in [4.69, 9.17) is 5.26 Å². The summed E-state index contributed by atoms with van der Waals surface area (Å²) in [4.78, 5) is 2.53. The summed E-state index contributed by atoms with van der Waals surface area (Å²) < 4.78 is 0. The van der Waals surface area contributed by atoms with E-state index in [1.807, 2.05) is 18.2 Å². The minimum atomic E-state index is 0.648. The summed E-state index contributed by atoms with van der Waals surface area (Å²) in [5, 5.41) is 8.90. The molecule has 1 aromatic carbocycles. The van der Waals surface area contributed by atoms with Crippen molar-refractivity contribution in [1.82, 2.24) is 4.90 Å². The molecule has 1 aliphatic heterocycles. The van der Waals surface area contributed by atoms with Crippen molar-refractivity contribution in [2.24, 2.45) is 5.92 Å². The van der Waals surface area contributed by atoms with Gasteiger partial charge in [0, 0.05) is 12.6 Å². The molecule has 1 aromatic rings. The number of likely N-dealkylation sites (tertiary alicyclic amines) is 1. The Morgan fingerprint density at radius 2 is 2.24 bits per heavy atom. The van der Waals surface area contributed by atoms with E-state index in [-0.39, 0.29) is 0 Å².